The molecule has 1 aliphatic rings. The minimum absolute atomic E-state index is 0.0767. The van der Waals surface area contributed by atoms with Gasteiger partial charge in [0.2, 0.25) is 0 Å². The molecule has 170 valence electrons. The molecule has 3 unspecified atom stereocenters. The zero-order valence-corrected chi connectivity index (χ0v) is 18.7. The molecular formula is C25H23FN2O4S. The van der Waals surface area contributed by atoms with Crippen molar-refractivity contribution in [3.05, 3.63) is 94.1 Å². The highest BCUT2D eigenvalue weighted by Gasteiger charge is 2.42. The average molecular weight is 467 g/mol. The predicted molar refractivity (Wildman–Crippen MR) is 128 cm³/mol. The molecule has 3 atom stereocenters. The van der Waals surface area contributed by atoms with Crippen molar-refractivity contribution in [3.63, 3.8) is 0 Å². The quantitative estimate of drug-likeness (QED) is 0.325. The number of nitroso groups, excluding NO2 is 1. The first kappa shape index (κ1) is 22.7. The van der Waals surface area contributed by atoms with E-state index in [9.17, 15) is 19.5 Å². The first-order valence-electron chi connectivity index (χ1n) is 10.5. The van der Waals surface area contributed by atoms with E-state index < -0.39 is 18.2 Å². The van der Waals surface area contributed by atoms with Gasteiger partial charge >= 0.3 is 0 Å². The smallest absolute Gasteiger partial charge is 0.264 e. The number of rotatable bonds is 7. The van der Waals surface area contributed by atoms with Gasteiger partial charge in [-0.15, -0.1) is 0 Å². The number of nitrogens with zero attached hydrogens (tertiary/aromatic N) is 2. The summed E-state index contributed by atoms with van der Waals surface area (Å²) < 4.78 is 19.5. The highest BCUT2D eigenvalue weighted by molar-refractivity contribution is 7.80. The zero-order chi connectivity index (χ0) is 23.5. The maximum absolute atomic E-state index is 13.5. The molecule has 1 fully saturated rings. The van der Waals surface area contributed by atoms with E-state index in [-0.39, 0.29) is 22.5 Å². The normalized spacial score (nSPS) is 18.7. The van der Waals surface area contributed by atoms with E-state index in [4.69, 9.17) is 17.0 Å². The minimum atomic E-state index is -0.559. The summed E-state index contributed by atoms with van der Waals surface area (Å²) in [6.45, 7) is 1.97. The Morgan fingerprint density at radius 1 is 1.09 bits per heavy atom. The van der Waals surface area contributed by atoms with Crippen LogP contribution in [0.4, 0.5) is 10.1 Å². The number of anilines is 1. The topological polar surface area (TPSA) is 82.4 Å². The van der Waals surface area contributed by atoms with Crippen LogP contribution in [0.2, 0.25) is 0 Å². The summed E-state index contributed by atoms with van der Waals surface area (Å²) >= 11 is 5.49. The summed E-state index contributed by atoms with van der Waals surface area (Å²) in [6, 6.07) is 16.7. The van der Waals surface area contributed by atoms with Gasteiger partial charge in [-0.1, -0.05) is 35.0 Å². The third kappa shape index (κ3) is 4.80. The number of hydrogen-bond donors (Lipinski definition) is 2. The van der Waals surface area contributed by atoms with Crippen molar-refractivity contribution in [3.8, 4) is 11.5 Å². The molecule has 4 rings (SSSR count). The Hall–Kier alpha value is -3.52. The van der Waals surface area contributed by atoms with Crippen molar-refractivity contribution in [2.45, 2.75) is 38.0 Å². The van der Waals surface area contributed by atoms with Crippen LogP contribution in [-0.2, 0) is 4.74 Å². The van der Waals surface area contributed by atoms with E-state index in [0.29, 0.717) is 24.1 Å². The number of aromatic hydroxyl groups is 2. The second-order valence-electron chi connectivity index (χ2n) is 8.07. The SMILES string of the molecule is Cc1ccc(C(CCC2OC(=S)N(c3ccc(F)cc3)C2c2ccc(O)cc2O)N=O)cc1. The van der Waals surface area contributed by atoms with Gasteiger partial charge in [0, 0.05) is 17.3 Å². The molecule has 0 saturated carbocycles. The number of phenolic OH excluding ortho intramolecular Hbond substituents is 2. The fourth-order valence-corrected chi connectivity index (χ4v) is 4.47. The zero-order valence-electron chi connectivity index (χ0n) is 17.9. The molecule has 1 heterocycles. The van der Waals surface area contributed by atoms with Crippen molar-refractivity contribution in [1.82, 2.24) is 0 Å². The number of halogens is 1. The number of ether oxygens (including phenoxy) is 1. The van der Waals surface area contributed by atoms with E-state index in [1.54, 1.807) is 23.1 Å². The van der Waals surface area contributed by atoms with Gasteiger partial charge in [-0.05, 0) is 73.9 Å². The summed E-state index contributed by atoms with van der Waals surface area (Å²) in [5, 5.41) is 23.8. The predicted octanol–water partition coefficient (Wildman–Crippen LogP) is 6.06. The Labute approximate surface area is 196 Å². The maximum atomic E-state index is 13.5. The van der Waals surface area contributed by atoms with E-state index in [2.05, 4.69) is 5.18 Å². The number of thiocarbonyl (C=S) groups is 1. The molecular weight excluding hydrogens is 443 g/mol. The molecule has 2 N–H and O–H groups in total. The van der Waals surface area contributed by atoms with E-state index in [1.165, 1.54) is 24.3 Å². The third-order valence-electron chi connectivity index (χ3n) is 5.83. The Morgan fingerprint density at radius 2 is 1.79 bits per heavy atom. The number of aryl methyl sites for hydroxylation is 1. The highest BCUT2D eigenvalue weighted by Crippen LogP contribution is 2.43. The molecule has 6 nitrogen and oxygen atoms in total. The second kappa shape index (κ2) is 9.54. The van der Waals surface area contributed by atoms with Crippen molar-refractivity contribution in [2.75, 3.05) is 4.90 Å². The van der Waals surface area contributed by atoms with Gasteiger partial charge < -0.3 is 14.9 Å². The van der Waals surface area contributed by atoms with E-state index in [1.807, 2.05) is 31.2 Å². The number of phenols is 2. The maximum Gasteiger partial charge on any atom is 0.264 e. The van der Waals surface area contributed by atoms with Gasteiger partial charge in [-0.2, -0.15) is 4.91 Å². The van der Waals surface area contributed by atoms with Gasteiger partial charge in [0.1, 0.15) is 35.5 Å². The summed E-state index contributed by atoms with van der Waals surface area (Å²) in [5.74, 6) is -0.579. The molecule has 1 saturated heterocycles. The molecule has 0 spiro atoms. The first-order valence-corrected chi connectivity index (χ1v) is 10.9. The lowest BCUT2D eigenvalue weighted by atomic mass is 9.93. The molecule has 0 bridgehead atoms. The van der Waals surface area contributed by atoms with Crippen LogP contribution < -0.4 is 4.90 Å². The molecule has 8 heteroatoms. The van der Waals surface area contributed by atoms with Crippen LogP contribution in [0.1, 0.15) is 41.6 Å². The standard InChI is InChI=1S/C25H23FN2O4S/c1-15-2-4-16(5-3-15)21(27-31)12-13-23-24(20-11-10-19(29)14-22(20)30)28(25(33)32-23)18-8-6-17(26)7-9-18/h2-11,14,21,23-24,29-30H,12-13H2,1H3. The first-order chi connectivity index (χ1) is 15.9. The van der Waals surface area contributed by atoms with Crippen LogP contribution in [0.5, 0.6) is 11.5 Å². The van der Waals surface area contributed by atoms with Crippen LogP contribution in [0.3, 0.4) is 0 Å². The summed E-state index contributed by atoms with van der Waals surface area (Å²) in [5.41, 5.74) is 3.00. The van der Waals surface area contributed by atoms with E-state index >= 15 is 0 Å². The number of hydrogen-bond acceptors (Lipinski definition) is 6. The summed E-state index contributed by atoms with van der Waals surface area (Å²) in [4.78, 5) is 13.3. The lowest BCUT2D eigenvalue weighted by Crippen LogP contribution is -2.29. The van der Waals surface area contributed by atoms with Crippen LogP contribution in [0.15, 0.2) is 71.9 Å². The van der Waals surface area contributed by atoms with Crippen molar-refractivity contribution < 1.29 is 19.3 Å². The van der Waals surface area contributed by atoms with Gasteiger partial charge in [0.25, 0.3) is 5.17 Å². The molecule has 0 aromatic heterocycles. The Kier molecular flexibility index (Phi) is 6.55. The molecule has 0 aliphatic carbocycles. The van der Waals surface area contributed by atoms with E-state index in [0.717, 1.165) is 11.1 Å². The third-order valence-corrected chi connectivity index (χ3v) is 6.12. The van der Waals surface area contributed by atoms with Crippen LogP contribution >= 0.6 is 12.2 Å². The lowest BCUT2D eigenvalue weighted by molar-refractivity contribution is 0.186. The fraction of sp³-hybridized carbons (Fsp3) is 0.240. The Balaban J connectivity index is 1.65. The van der Waals surface area contributed by atoms with Gasteiger partial charge in [-0.25, -0.2) is 4.39 Å². The van der Waals surface area contributed by atoms with Crippen molar-refractivity contribution >= 4 is 23.1 Å². The van der Waals surface area contributed by atoms with Crippen LogP contribution in [-0.4, -0.2) is 21.5 Å². The van der Waals surface area contributed by atoms with Gasteiger partial charge in [0.15, 0.2) is 0 Å². The molecule has 3 aromatic rings. The highest BCUT2D eigenvalue weighted by atomic mass is 32.1. The van der Waals surface area contributed by atoms with Crippen LogP contribution in [0.25, 0.3) is 0 Å². The Morgan fingerprint density at radius 3 is 2.42 bits per heavy atom. The van der Waals surface area contributed by atoms with Crippen LogP contribution in [0, 0.1) is 17.6 Å². The van der Waals surface area contributed by atoms with Crippen molar-refractivity contribution in [1.29, 1.82) is 0 Å². The van der Waals surface area contributed by atoms with Gasteiger partial charge in [-0.3, -0.25) is 4.90 Å². The monoisotopic (exact) mass is 466 g/mol. The molecule has 0 radical (unpaired) electrons. The molecule has 1 aliphatic heterocycles. The summed E-state index contributed by atoms with van der Waals surface area (Å²) in [6.07, 6.45) is 0.326. The minimum Gasteiger partial charge on any atom is -0.508 e. The second-order valence-corrected chi connectivity index (χ2v) is 8.42. The molecule has 3 aromatic carbocycles. The summed E-state index contributed by atoms with van der Waals surface area (Å²) in [7, 11) is 0. The molecule has 33 heavy (non-hydrogen) atoms. The van der Waals surface area contributed by atoms with Gasteiger partial charge in [0.05, 0.1) is 0 Å². The number of benzene rings is 3. The Bertz CT molecular complexity index is 1150. The fourth-order valence-electron chi connectivity index (χ4n) is 4.13. The van der Waals surface area contributed by atoms with Crippen molar-refractivity contribution in [2.24, 2.45) is 5.18 Å². The molecule has 0 amide bonds. The lowest BCUT2D eigenvalue weighted by Gasteiger charge is -2.27. The average Bonchev–Trinajstić information content (AvgIpc) is 3.11. The largest absolute Gasteiger partial charge is 0.508 e.